The van der Waals surface area contributed by atoms with E-state index in [9.17, 15) is 10.2 Å². The molecular formula is C48H66N4O8. The van der Waals surface area contributed by atoms with E-state index < -0.39 is 12.2 Å². The first kappa shape index (κ1) is 42.6. The summed E-state index contributed by atoms with van der Waals surface area (Å²) in [6, 6.07) is 16.1. The fourth-order valence-corrected chi connectivity index (χ4v) is 9.96. The highest BCUT2D eigenvalue weighted by molar-refractivity contribution is 5.68. The van der Waals surface area contributed by atoms with E-state index in [-0.39, 0.29) is 36.6 Å². The summed E-state index contributed by atoms with van der Waals surface area (Å²) < 4.78 is 40.3. The van der Waals surface area contributed by atoms with E-state index in [4.69, 9.17) is 28.4 Å². The molecule has 0 spiro atoms. The standard InChI is InChI=1S/C48H66N4O8/c1-33-28-52(29-34(2)58-33)41(43(54)32-49-19-17-37(30-49)35-13-15-44(55-3)46(25-35)59-39-9-5-6-10-39)27-42(53)48(50-21-23-57-24-22-50)51-20-18-38(31-51)36-14-16-45(56-4)47(26-36)60-40-11-7-8-12-40/h13-20,25-26,30-31,33-34,39-43,48,53-54H,5-12,21-24,27-29,32H2,1-4H3. The summed E-state index contributed by atoms with van der Waals surface area (Å²) in [6.45, 7) is 8.47. The van der Waals surface area contributed by atoms with Gasteiger partial charge in [0.1, 0.15) is 6.17 Å². The predicted octanol–water partition coefficient (Wildman–Crippen LogP) is 7.40. The van der Waals surface area contributed by atoms with Crippen LogP contribution < -0.4 is 18.9 Å². The van der Waals surface area contributed by atoms with Crippen LogP contribution in [0.4, 0.5) is 0 Å². The average molecular weight is 827 g/mol. The first-order valence-corrected chi connectivity index (χ1v) is 22.4. The lowest BCUT2D eigenvalue weighted by Gasteiger charge is -2.44. The number of benzene rings is 2. The van der Waals surface area contributed by atoms with Gasteiger partial charge in [0.25, 0.3) is 0 Å². The van der Waals surface area contributed by atoms with E-state index >= 15 is 0 Å². The molecule has 8 rings (SSSR count). The number of nitrogens with zero attached hydrogens (tertiary/aromatic N) is 4. The lowest BCUT2D eigenvalue weighted by atomic mass is 9.97. The van der Waals surface area contributed by atoms with E-state index in [0.717, 1.165) is 70.9 Å². The van der Waals surface area contributed by atoms with E-state index in [1.165, 1.54) is 25.7 Å². The summed E-state index contributed by atoms with van der Waals surface area (Å²) >= 11 is 0. The van der Waals surface area contributed by atoms with Gasteiger partial charge in [-0.2, -0.15) is 0 Å². The number of ether oxygens (including phenoxy) is 6. The third-order valence-corrected chi connectivity index (χ3v) is 13.0. The third-order valence-electron chi connectivity index (χ3n) is 13.0. The van der Waals surface area contributed by atoms with E-state index in [0.29, 0.717) is 52.4 Å². The van der Waals surface area contributed by atoms with Gasteiger partial charge in [0.2, 0.25) is 0 Å². The van der Waals surface area contributed by atoms with Gasteiger partial charge in [-0.3, -0.25) is 9.80 Å². The Labute approximate surface area is 355 Å². The number of rotatable bonds is 17. The molecule has 2 aliphatic heterocycles. The Morgan fingerprint density at radius 2 is 1.20 bits per heavy atom. The van der Waals surface area contributed by atoms with Gasteiger partial charge in [-0.1, -0.05) is 12.1 Å². The minimum absolute atomic E-state index is 0.00331. The van der Waals surface area contributed by atoms with Crippen LogP contribution in [0.2, 0.25) is 0 Å². The van der Waals surface area contributed by atoms with Crippen LogP contribution in [-0.4, -0.2) is 125 Å². The lowest BCUT2D eigenvalue weighted by molar-refractivity contribution is -0.113. The molecule has 0 radical (unpaired) electrons. The van der Waals surface area contributed by atoms with Crippen LogP contribution in [0.15, 0.2) is 73.3 Å². The van der Waals surface area contributed by atoms with Crippen LogP contribution in [-0.2, 0) is 16.0 Å². The van der Waals surface area contributed by atoms with Crippen LogP contribution in [0.5, 0.6) is 23.0 Å². The summed E-state index contributed by atoms with van der Waals surface area (Å²) in [5, 5.41) is 24.8. The highest BCUT2D eigenvalue weighted by Gasteiger charge is 2.38. The maximum atomic E-state index is 12.5. The summed E-state index contributed by atoms with van der Waals surface area (Å²) in [6.07, 6.45) is 16.2. The van der Waals surface area contributed by atoms with Gasteiger partial charge in [0.05, 0.1) is 64.1 Å². The molecule has 4 aromatic rings. The van der Waals surface area contributed by atoms with Crippen molar-refractivity contribution in [2.45, 2.75) is 127 Å². The molecule has 2 N–H and O–H groups in total. The zero-order valence-corrected chi connectivity index (χ0v) is 36.0. The van der Waals surface area contributed by atoms with Gasteiger partial charge < -0.3 is 47.8 Å². The van der Waals surface area contributed by atoms with Gasteiger partial charge in [0.15, 0.2) is 23.0 Å². The minimum atomic E-state index is -0.800. The summed E-state index contributed by atoms with van der Waals surface area (Å²) in [5.74, 6) is 3.01. The fraction of sp³-hybridized carbons (Fsp3) is 0.583. The second kappa shape index (κ2) is 19.8. The monoisotopic (exact) mass is 826 g/mol. The second-order valence-corrected chi connectivity index (χ2v) is 17.4. The smallest absolute Gasteiger partial charge is 0.162 e. The molecule has 12 nitrogen and oxygen atoms in total. The summed E-state index contributed by atoms with van der Waals surface area (Å²) in [7, 11) is 3.37. The normalized spacial score (nSPS) is 23.0. The Morgan fingerprint density at radius 3 is 1.77 bits per heavy atom. The maximum absolute atomic E-state index is 12.5. The summed E-state index contributed by atoms with van der Waals surface area (Å²) in [5.41, 5.74) is 4.13. The molecule has 2 aromatic heterocycles. The predicted molar refractivity (Wildman–Crippen MR) is 232 cm³/mol. The van der Waals surface area contributed by atoms with Crippen molar-refractivity contribution in [2.24, 2.45) is 0 Å². The molecule has 2 saturated carbocycles. The minimum Gasteiger partial charge on any atom is -0.493 e. The topological polar surface area (TPSA) is 112 Å². The molecule has 326 valence electrons. The van der Waals surface area contributed by atoms with Gasteiger partial charge in [0, 0.05) is 63.6 Å². The highest BCUT2D eigenvalue weighted by Crippen LogP contribution is 2.38. The van der Waals surface area contributed by atoms with Crippen molar-refractivity contribution in [3.05, 3.63) is 73.3 Å². The van der Waals surface area contributed by atoms with E-state index in [2.05, 4.69) is 87.8 Å². The number of hydrogen-bond acceptors (Lipinski definition) is 10. The van der Waals surface area contributed by atoms with Gasteiger partial charge in [-0.25, -0.2) is 0 Å². The molecule has 0 bridgehead atoms. The van der Waals surface area contributed by atoms with E-state index in [1.54, 1.807) is 14.2 Å². The van der Waals surface area contributed by atoms with Gasteiger partial charge in [-0.05, 0) is 130 Å². The number of aliphatic hydroxyl groups excluding tert-OH is 2. The van der Waals surface area contributed by atoms with Crippen LogP contribution in [0.1, 0.15) is 77.8 Å². The average Bonchev–Trinajstić information content (AvgIpc) is 4.10. The molecule has 60 heavy (non-hydrogen) atoms. The summed E-state index contributed by atoms with van der Waals surface area (Å²) in [4.78, 5) is 4.64. The molecule has 12 heteroatoms. The highest BCUT2D eigenvalue weighted by atomic mass is 16.5. The molecule has 2 aliphatic carbocycles. The quantitative estimate of drug-likeness (QED) is 0.112. The molecule has 2 aromatic carbocycles. The maximum Gasteiger partial charge on any atom is 0.162 e. The van der Waals surface area contributed by atoms with Crippen molar-refractivity contribution in [2.75, 3.05) is 53.6 Å². The first-order valence-electron chi connectivity index (χ1n) is 22.4. The Hall–Kier alpha value is -4.04. The van der Waals surface area contributed by atoms with Crippen LogP contribution >= 0.6 is 0 Å². The Morgan fingerprint density at radius 1 is 0.650 bits per heavy atom. The fourth-order valence-electron chi connectivity index (χ4n) is 9.96. The van der Waals surface area contributed by atoms with Crippen molar-refractivity contribution in [1.29, 1.82) is 0 Å². The van der Waals surface area contributed by atoms with E-state index in [1.807, 2.05) is 18.3 Å². The molecule has 0 amide bonds. The van der Waals surface area contributed by atoms with Crippen molar-refractivity contribution in [3.63, 3.8) is 0 Å². The third kappa shape index (κ3) is 10.2. The number of aromatic nitrogens is 2. The molecule has 4 aliphatic rings. The molecule has 4 fully saturated rings. The molecule has 2 saturated heterocycles. The van der Waals surface area contributed by atoms with Crippen molar-refractivity contribution in [1.82, 2.24) is 18.9 Å². The largest absolute Gasteiger partial charge is 0.493 e. The molecule has 4 heterocycles. The number of methoxy groups -OCH3 is 2. The van der Waals surface area contributed by atoms with Crippen molar-refractivity contribution in [3.8, 4) is 45.3 Å². The zero-order valence-electron chi connectivity index (χ0n) is 36.0. The number of aliphatic hydroxyl groups is 2. The Kier molecular flexibility index (Phi) is 14.1. The molecule has 6 unspecified atom stereocenters. The van der Waals surface area contributed by atoms with Crippen molar-refractivity contribution < 1.29 is 38.6 Å². The molecule has 6 atom stereocenters. The Bertz CT molecular complexity index is 1950. The second-order valence-electron chi connectivity index (χ2n) is 17.4. The van der Waals surface area contributed by atoms with Crippen LogP contribution in [0.25, 0.3) is 22.3 Å². The Balaban J connectivity index is 1.03. The zero-order chi connectivity index (χ0) is 41.6. The SMILES string of the molecule is COc1ccc(-c2ccn(CC(O)C(CC(O)C(N3CCOCC3)n3ccc(-c4ccc(OC)c(OC5CCCC5)c4)c3)N3CC(C)OC(C)C3)c2)cc1OC1CCCC1. The number of morpholine rings is 2. The van der Waals surface area contributed by atoms with Crippen LogP contribution in [0.3, 0.4) is 0 Å². The van der Waals surface area contributed by atoms with Crippen LogP contribution in [0, 0.1) is 0 Å². The van der Waals surface area contributed by atoms with Gasteiger partial charge in [-0.15, -0.1) is 0 Å². The van der Waals surface area contributed by atoms with Crippen molar-refractivity contribution >= 4 is 0 Å². The van der Waals surface area contributed by atoms with Gasteiger partial charge >= 0.3 is 0 Å². The first-order chi connectivity index (χ1) is 29.2. The number of hydrogen-bond donors (Lipinski definition) is 2. The lowest BCUT2D eigenvalue weighted by Crippen LogP contribution is -2.56. The molecular weight excluding hydrogens is 761 g/mol.